The highest BCUT2D eigenvalue weighted by Gasteiger charge is 2.11. The molecule has 0 aromatic heterocycles. The molecule has 1 unspecified atom stereocenters. The van der Waals surface area contributed by atoms with E-state index in [1.807, 2.05) is 26.0 Å². The number of aliphatic hydroxyl groups excluding tert-OH is 1. The van der Waals surface area contributed by atoms with Crippen LogP contribution in [0.3, 0.4) is 0 Å². The number of aryl methyl sites for hydroxylation is 1. The number of nitrogens with two attached hydrogens (primary N) is 1. The zero-order valence-corrected chi connectivity index (χ0v) is 9.43. The summed E-state index contributed by atoms with van der Waals surface area (Å²) in [4.78, 5) is 0. The molecule has 1 rings (SSSR count). The maximum atomic E-state index is 9.58. The fraction of sp³-hybridized carbons (Fsp3) is 0.400. The molecule has 1 atom stereocenters. The van der Waals surface area contributed by atoms with Crippen molar-refractivity contribution in [2.45, 2.75) is 20.0 Å². The maximum absolute atomic E-state index is 9.58. The molecule has 0 bridgehead atoms. The van der Waals surface area contributed by atoms with Gasteiger partial charge < -0.3 is 10.8 Å². The first-order valence-electron chi connectivity index (χ1n) is 4.21. The molecule has 0 fully saturated rings. The Morgan fingerprint density at radius 2 is 2.08 bits per heavy atom. The van der Waals surface area contributed by atoms with Gasteiger partial charge in [-0.05, 0) is 30.5 Å². The maximum Gasteiger partial charge on any atom is 0.0915 e. The average molecular weight is 244 g/mol. The third-order valence-electron chi connectivity index (χ3n) is 2.20. The van der Waals surface area contributed by atoms with Crippen LogP contribution in [0.25, 0.3) is 0 Å². The van der Waals surface area contributed by atoms with Crippen molar-refractivity contribution in [2.75, 3.05) is 6.54 Å². The Morgan fingerprint density at radius 3 is 2.62 bits per heavy atom. The normalized spacial score (nSPS) is 13.0. The van der Waals surface area contributed by atoms with Crippen LogP contribution >= 0.6 is 15.9 Å². The van der Waals surface area contributed by atoms with Crippen molar-refractivity contribution < 1.29 is 5.11 Å². The van der Waals surface area contributed by atoms with E-state index < -0.39 is 6.10 Å². The fourth-order valence-electron chi connectivity index (χ4n) is 1.32. The molecule has 72 valence electrons. The van der Waals surface area contributed by atoms with Crippen molar-refractivity contribution in [2.24, 2.45) is 5.73 Å². The molecule has 3 N–H and O–H groups in total. The standard InChI is InChI=1S/C10H14BrNO/c1-6-3-4-8(9(13)5-12)7(2)10(6)11/h3-4,9,13H,5,12H2,1-2H3. The molecule has 0 saturated carbocycles. The zero-order valence-electron chi connectivity index (χ0n) is 7.84. The smallest absolute Gasteiger partial charge is 0.0915 e. The minimum atomic E-state index is -0.558. The van der Waals surface area contributed by atoms with E-state index in [0.29, 0.717) is 0 Å². The van der Waals surface area contributed by atoms with Crippen molar-refractivity contribution in [1.82, 2.24) is 0 Å². The molecule has 13 heavy (non-hydrogen) atoms. The Balaban J connectivity index is 3.18. The highest BCUT2D eigenvalue weighted by atomic mass is 79.9. The van der Waals surface area contributed by atoms with Gasteiger partial charge in [0, 0.05) is 11.0 Å². The third kappa shape index (κ3) is 2.10. The number of aliphatic hydroxyl groups is 1. The summed E-state index contributed by atoms with van der Waals surface area (Å²) in [5, 5.41) is 9.58. The molecule has 1 aromatic carbocycles. The first-order valence-corrected chi connectivity index (χ1v) is 5.01. The van der Waals surface area contributed by atoms with Crippen LogP contribution in [0.2, 0.25) is 0 Å². The first-order chi connectivity index (χ1) is 6.07. The molecule has 0 radical (unpaired) electrons. The van der Waals surface area contributed by atoms with Gasteiger partial charge in [0.15, 0.2) is 0 Å². The Hall–Kier alpha value is -0.380. The second-order valence-electron chi connectivity index (χ2n) is 3.16. The summed E-state index contributed by atoms with van der Waals surface area (Å²) in [7, 11) is 0. The predicted octanol–water partition coefficient (Wildman–Crippen LogP) is 2.06. The lowest BCUT2D eigenvalue weighted by Crippen LogP contribution is -2.13. The molecule has 0 aliphatic rings. The molecular weight excluding hydrogens is 230 g/mol. The Bertz CT molecular complexity index is 312. The molecule has 0 saturated heterocycles. The number of benzene rings is 1. The number of halogens is 1. The van der Waals surface area contributed by atoms with Gasteiger partial charge in [0.1, 0.15) is 0 Å². The quantitative estimate of drug-likeness (QED) is 0.836. The van der Waals surface area contributed by atoms with E-state index in [1.54, 1.807) is 0 Å². The van der Waals surface area contributed by atoms with Crippen molar-refractivity contribution in [3.05, 3.63) is 33.3 Å². The molecule has 3 heteroatoms. The molecule has 2 nitrogen and oxygen atoms in total. The van der Waals surface area contributed by atoms with Crippen LogP contribution in [0.15, 0.2) is 16.6 Å². The van der Waals surface area contributed by atoms with Crippen LogP contribution in [-0.4, -0.2) is 11.7 Å². The number of hydrogen-bond acceptors (Lipinski definition) is 2. The van der Waals surface area contributed by atoms with E-state index in [4.69, 9.17) is 5.73 Å². The van der Waals surface area contributed by atoms with E-state index in [2.05, 4.69) is 15.9 Å². The van der Waals surface area contributed by atoms with Crippen molar-refractivity contribution >= 4 is 15.9 Å². The number of hydrogen-bond donors (Lipinski definition) is 2. The minimum absolute atomic E-state index is 0.260. The molecule has 0 heterocycles. The van der Waals surface area contributed by atoms with Gasteiger partial charge in [0.25, 0.3) is 0 Å². The van der Waals surface area contributed by atoms with Crippen molar-refractivity contribution in [1.29, 1.82) is 0 Å². The third-order valence-corrected chi connectivity index (χ3v) is 3.42. The molecular formula is C10H14BrNO. The molecule has 0 amide bonds. The lowest BCUT2D eigenvalue weighted by Gasteiger charge is -2.14. The van der Waals surface area contributed by atoms with Crippen molar-refractivity contribution in [3.8, 4) is 0 Å². The predicted molar refractivity (Wildman–Crippen MR) is 57.6 cm³/mol. The highest BCUT2D eigenvalue weighted by Crippen LogP contribution is 2.27. The van der Waals surface area contributed by atoms with Crippen LogP contribution in [-0.2, 0) is 0 Å². The van der Waals surface area contributed by atoms with Crippen LogP contribution in [0.5, 0.6) is 0 Å². The van der Waals surface area contributed by atoms with E-state index in [0.717, 1.165) is 15.6 Å². The Kier molecular flexibility index (Phi) is 3.47. The summed E-state index contributed by atoms with van der Waals surface area (Å²) >= 11 is 3.48. The Labute approximate surface area is 86.9 Å². The number of rotatable bonds is 2. The second kappa shape index (κ2) is 4.22. The van der Waals surface area contributed by atoms with E-state index in [-0.39, 0.29) is 6.54 Å². The SMILES string of the molecule is Cc1ccc(C(O)CN)c(C)c1Br. The largest absolute Gasteiger partial charge is 0.387 e. The molecule has 1 aromatic rings. The summed E-state index contributed by atoms with van der Waals surface area (Å²) in [5.41, 5.74) is 8.54. The minimum Gasteiger partial charge on any atom is -0.387 e. The van der Waals surface area contributed by atoms with Gasteiger partial charge in [-0.1, -0.05) is 28.1 Å². The highest BCUT2D eigenvalue weighted by molar-refractivity contribution is 9.10. The summed E-state index contributed by atoms with van der Waals surface area (Å²) in [6.45, 7) is 4.26. The van der Waals surface area contributed by atoms with E-state index in [9.17, 15) is 5.11 Å². The van der Waals surface area contributed by atoms with Gasteiger partial charge in [-0.25, -0.2) is 0 Å². The lowest BCUT2D eigenvalue weighted by molar-refractivity contribution is 0.186. The summed E-state index contributed by atoms with van der Waals surface area (Å²) in [6, 6.07) is 3.90. The summed E-state index contributed by atoms with van der Waals surface area (Å²) in [6.07, 6.45) is -0.558. The van der Waals surface area contributed by atoms with E-state index >= 15 is 0 Å². The zero-order chi connectivity index (χ0) is 10.0. The lowest BCUT2D eigenvalue weighted by atomic mass is 10.0. The van der Waals surface area contributed by atoms with Gasteiger partial charge >= 0.3 is 0 Å². The monoisotopic (exact) mass is 243 g/mol. The van der Waals surface area contributed by atoms with Gasteiger partial charge in [-0.15, -0.1) is 0 Å². The van der Waals surface area contributed by atoms with Crippen LogP contribution in [0.1, 0.15) is 22.8 Å². The summed E-state index contributed by atoms with van der Waals surface area (Å²) in [5.74, 6) is 0. The average Bonchev–Trinajstić information content (AvgIpc) is 2.13. The van der Waals surface area contributed by atoms with Gasteiger partial charge in [-0.2, -0.15) is 0 Å². The molecule has 0 spiro atoms. The van der Waals surface area contributed by atoms with Gasteiger partial charge in [-0.3, -0.25) is 0 Å². The van der Waals surface area contributed by atoms with Crippen LogP contribution in [0.4, 0.5) is 0 Å². The Morgan fingerprint density at radius 1 is 1.46 bits per heavy atom. The van der Waals surface area contributed by atoms with E-state index in [1.165, 1.54) is 5.56 Å². The fourth-order valence-corrected chi connectivity index (χ4v) is 1.68. The van der Waals surface area contributed by atoms with Crippen molar-refractivity contribution in [3.63, 3.8) is 0 Å². The topological polar surface area (TPSA) is 46.2 Å². The van der Waals surface area contributed by atoms with Crippen LogP contribution < -0.4 is 5.73 Å². The molecule has 0 aliphatic heterocycles. The molecule has 0 aliphatic carbocycles. The summed E-state index contributed by atoms with van der Waals surface area (Å²) < 4.78 is 1.05. The van der Waals surface area contributed by atoms with Gasteiger partial charge in [0.05, 0.1) is 6.10 Å². The first kappa shape index (κ1) is 10.7. The van der Waals surface area contributed by atoms with Crippen LogP contribution in [0, 0.1) is 13.8 Å². The van der Waals surface area contributed by atoms with Gasteiger partial charge in [0.2, 0.25) is 0 Å². The second-order valence-corrected chi connectivity index (χ2v) is 3.96.